The van der Waals surface area contributed by atoms with Crippen LogP contribution in [0.25, 0.3) is 0 Å². The number of halogens is 1. The molecule has 0 saturated heterocycles. The van der Waals surface area contributed by atoms with Crippen LogP contribution in [0.4, 0.5) is 4.39 Å². The Labute approximate surface area is 167 Å². The van der Waals surface area contributed by atoms with Gasteiger partial charge in [-0.25, -0.2) is 4.39 Å². The summed E-state index contributed by atoms with van der Waals surface area (Å²) < 4.78 is 13.0. The Balaban J connectivity index is 1.56. The highest BCUT2D eigenvalue weighted by atomic mass is 19.1. The van der Waals surface area contributed by atoms with Gasteiger partial charge < -0.3 is 11.1 Å². The van der Waals surface area contributed by atoms with Gasteiger partial charge in [0.15, 0.2) is 0 Å². The van der Waals surface area contributed by atoms with Crippen molar-refractivity contribution in [3.8, 4) is 0 Å². The zero-order valence-corrected chi connectivity index (χ0v) is 16.3. The zero-order valence-electron chi connectivity index (χ0n) is 16.3. The third-order valence-electron chi connectivity index (χ3n) is 5.22. The van der Waals surface area contributed by atoms with E-state index in [0.29, 0.717) is 6.54 Å². The first-order valence-electron chi connectivity index (χ1n) is 9.99. The second-order valence-electron chi connectivity index (χ2n) is 7.41. The average Bonchev–Trinajstić information content (AvgIpc) is 2.74. The molecule has 146 valence electrons. The van der Waals surface area contributed by atoms with Gasteiger partial charge in [0.2, 0.25) is 0 Å². The van der Waals surface area contributed by atoms with Gasteiger partial charge in [0.05, 0.1) is 5.54 Å². The van der Waals surface area contributed by atoms with Crippen molar-refractivity contribution in [1.82, 2.24) is 5.32 Å². The van der Waals surface area contributed by atoms with E-state index in [0.717, 1.165) is 43.4 Å². The van der Waals surface area contributed by atoms with E-state index in [4.69, 9.17) is 5.73 Å². The molecule has 1 unspecified atom stereocenters. The van der Waals surface area contributed by atoms with Gasteiger partial charge in [-0.2, -0.15) is 0 Å². The molecule has 0 bridgehead atoms. The SMILES string of the molecule is NC(CCCc1ccccc1)(CNCCc1ccc(F)cc1)c1ccccc1. The van der Waals surface area contributed by atoms with Crippen LogP contribution < -0.4 is 11.1 Å². The van der Waals surface area contributed by atoms with Crippen LogP contribution in [0.3, 0.4) is 0 Å². The number of hydrogen-bond donors (Lipinski definition) is 2. The Morgan fingerprint density at radius 3 is 2.04 bits per heavy atom. The van der Waals surface area contributed by atoms with Crippen molar-refractivity contribution >= 4 is 0 Å². The topological polar surface area (TPSA) is 38.0 Å². The molecule has 0 spiro atoms. The third-order valence-corrected chi connectivity index (χ3v) is 5.22. The minimum Gasteiger partial charge on any atom is -0.320 e. The molecule has 3 N–H and O–H groups in total. The quantitative estimate of drug-likeness (QED) is 0.497. The minimum absolute atomic E-state index is 0.194. The second-order valence-corrected chi connectivity index (χ2v) is 7.41. The van der Waals surface area contributed by atoms with Crippen molar-refractivity contribution < 1.29 is 4.39 Å². The van der Waals surface area contributed by atoms with Gasteiger partial charge in [0.25, 0.3) is 0 Å². The Hall–Kier alpha value is -2.49. The first-order chi connectivity index (χ1) is 13.7. The Kier molecular flexibility index (Phi) is 7.35. The van der Waals surface area contributed by atoms with Gasteiger partial charge >= 0.3 is 0 Å². The summed E-state index contributed by atoms with van der Waals surface area (Å²) in [5, 5.41) is 3.52. The number of benzene rings is 3. The van der Waals surface area contributed by atoms with Crippen molar-refractivity contribution in [3.05, 3.63) is 107 Å². The monoisotopic (exact) mass is 376 g/mol. The van der Waals surface area contributed by atoms with Gasteiger partial charge in [-0.15, -0.1) is 0 Å². The highest BCUT2D eigenvalue weighted by Gasteiger charge is 2.26. The van der Waals surface area contributed by atoms with Crippen LogP contribution in [0.5, 0.6) is 0 Å². The Bertz CT molecular complexity index is 818. The summed E-state index contributed by atoms with van der Waals surface area (Å²) in [6, 6.07) is 27.6. The van der Waals surface area contributed by atoms with E-state index in [1.165, 1.54) is 17.7 Å². The van der Waals surface area contributed by atoms with E-state index >= 15 is 0 Å². The molecule has 0 aliphatic rings. The zero-order chi connectivity index (χ0) is 19.7. The Morgan fingerprint density at radius 2 is 1.36 bits per heavy atom. The fourth-order valence-electron chi connectivity index (χ4n) is 3.55. The highest BCUT2D eigenvalue weighted by Crippen LogP contribution is 2.24. The lowest BCUT2D eigenvalue weighted by Gasteiger charge is -2.31. The second kappa shape index (κ2) is 10.2. The van der Waals surface area contributed by atoms with E-state index in [-0.39, 0.29) is 5.82 Å². The van der Waals surface area contributed by atoms with Crippen LogP contribution >= 0.6 is 0 Å². The van der Waals surface area contributed by atoms with Crippen LogP contribution in [-0.4, -0.2) is 13.1 Å². The molecular formula is C25H29FN2. The molecule has 0 saturated carbocycles. The molecule has 2 nitrogen and oxygen atoms in total. The van der Waals surface area contributed by atoms with Gasteiger partial charge in [0.1, 0.15) is 5.82 Å². The maximum Gasteiger partial charge on any atom is 0.123 e. The van der Waals surface area contributed by atoms with E-state index in [1.54, 1.807) is 0 Å². The van der Waals surface area contributed by atoms with E-state index < -0.39 is 5.54 Å². The van der Waals surface area contributed by atoms with Crippen molar-refractivity contribution in [2.75, 3.05) is 13.1 Å². The molecule has 0 aromatic heterocycles. The molecule has 3 aromatic carbocycles. The van der Waals surface area contributed by atoms with Crippen molar-refractivity contribution in [2.24, 2.45) is 5.73 Å². The molecule has 28 heavy (non-hydrogen) atoms. The maximum atomic E-state index is 13.0. The molecule has 0 amide bonds. The average molecular weight is 377 g/mol. The summed E-state index contributed by atoms with van der Waals surface area (Å²) in [4.78, 5) is 0. The molecule has 0 fully saturated rings. The summed E-state index contributed by atoms with van der Waals surface area (Å²) in [5.74, 6) is -0.194. The predicted octanol–water partition coefficient (Wildman–Crippen LogP) is 4.83. The van der Waals surface area contributed by atoms with Gasteiger partial charge in [-0.3, -0.25) is 0 Å². The molecular weight excluding hydrogens is 347 g/mol. The van der Waals surface area contributed by atoms with Crippen LogP contribution in [0.1, 0.15) is 29.5 Å². The summed E-state index contributed by atoms with van der Waals surface area (Å²) in [5.41, 5.74) is 10.1. The lowest BCUT2D eigenvalue weighted by molar-refractivity contribution is 0.370. The summed E-state index contributed by atoms with van der Waals surface area (Å²) in [6.45, 7) is 1.53. The van der Waals surface area contributed by atoms with Crippen molar-refractivity contribution in [1.29, 1.82) is 0 Å². The number of nitrogens with two attached hydrogens (primary N) is 1. The van der Waals surface area contributed by atoms with E-state index in [1.807, 2.05) is 36.4 Å². The molecule has 0 aliphatic carbocycles. The number of hydrogen-bond acceptors (Lipinski definition) is 2. The van der Waals surface area contributed by atoms with Crippen LogP contribution in [0, 0.1) is 5.82 Å². The first-order valence-corrected chi connectivity index (χ1v) is 9.99. The van der Waals surface area contributed by atoms with Gasteiger partial charge in [0, 0.05) is 6.54 Å². The lowest BCUT2D eigenvalue weighted by atomic mass is 9.85. The fourth-order valence-corrected chi connectivity index (χ4v) is 3.55. The van der Waals surface area contributed by atoms with Crippen molar-refractivity contribution in [2.45, 2.75) is 31.2 Å². The number of nitrogens with one attached hydrogen (secondary N) is 1. The molecule has 0 aliphatic heterocycles. The number of rotatable bonds is 10. The molecule has 3 aromatic rings. The highest BCUT2D eigenvalue weighted by molar-refractivity contribution is 5.25. The molecule has 0 heterocycles. The third kappa shape index (κ3) is 6.01. The predicted molar refractivity (Wildman–Crippen MR) is 115 cm³/mol. The normalized spacial score (nSPS) is 13.2. The molecule has 0 radical (unpaired) electrons. The standard InChI is InChI=1S/C25H29FN2/c26-24-15-13-22(14-16-24)17-19-28-20-25(27,23-11-5-2-6-12-23)18-7-10-21-8-3-1-4-9-21/h1-6,8-9,11-16,28H,7,10,17-20,27H2. The minimum atomic E-state index is -0.404. The summed E-state index contributed by atoms with van der Waals surface area (Å²) in [7, 11) is 0. The lowest BCUT2D eigenvalue weighted by Crippen LogP contribution is -2.46. The first kappa shape index (κ1) is 20.2. The van der Waals surface area contributed by atoms with Crippen LogP contribution in [-0.2, 0) is 18.4 Å². The van der Waals surface area contributed by atoms with Crippen molar-refractivity contribution in [3.63, 3.8) is 0 Å². The maximum absolute atomic E-state index is 13.0. The summed E-state index contributed by atoms with van der Waals surface area (Å²) >= 11 is 0. The molecule has 3 heteroatoms. The van der Waals surface area contributed by atoms with Crippen LogP contribution in [0.2, 0.25) is 0 Å². The van der Waals surface area contributed by atoms with E-state index in [2.05, 4.69) is 41.7 Å². The summed E-state index contributed by atoms with van der Waals surface area (Å²) in [6.07, 6.45) is 3.84. The fraction of sp³-hybridized carbons (Fsp3) is 0.280. The Morgan fingerprint density at radius 1 is 0.750 bits per heavy atom. The molecule has 1 atom stereocenters. The van der Waals surface area contributed by atoms with Gasteiger partial charge in [-0.05, 0) is 61.1 Å². The number of aryl methyl sites for hydroxylation is 1. The van der Waals surface area contributed by atoms with Crippen LogP contribution in [0.15, 0.2) is 84.9 Å². The molecule has 3 rings (SSSR count). The smallest absolute Gasteiger partial charge is 0.123 e. The largest absolute Gasteiger partial charge is 0.320 e. The van der Waals surface area contributed by atoms with E-state index in [9.17, 15) is 4.39 Å². The van der Waals surface area contributed by atoms with Gasteiger partial charge in [-0.1, -0.05) is 72.8 Å².